The number of benzene rings is 4. The highest BCUT2D eigenvalue weighted by molar-refractivity contribution is 6.03. The van der Waals surface area contributed by atoms with Crippen molar-refractivity contribution in [3.05, 3.63) is 83.9 Å². The maximum atomic E-state index is 10.5. The van der Waals surface area contributed by atoms with Crippen LogP contribution in [-0.4, -0.2) is 21.4 Å². The van der Waals surface area contributed by atoms with Crippen LogP contribution in [0.5, 0.6) is 11.5 Å². The molecule has 0 aliphatic heterocycles. The van der Waals surface area contributed by atoms with E-state index in [0.717, 1.165) is 21.9 Å². The monoisotopic (exact) mass is 394 g/mol. The molecule has 5 heteroatoms. The van der Waals surface area contributed by atoms with E-state index in [1.807, 2.05) is 55.5 Å². The molecule has 0 fully saturated rings. The van der Waals surface area contributed by atoms with Crippen molar-refractivity contribution in [2.75, 3.05) is 0 Å². The van der Waals surface area contributed by atoms with Gasteiger partial charge in [0, 0.05) is 17.8 Å². The van der Waals surface area contributed by atoms with Crippen LogP contribution in [0.1, 0.15) is 11.1 Å². The highest BCUT2D eigenvalue weighted by atomic mass is 16.3. The van der Waals surface area contributed by atoms with Crippen molar-refractivity contribution in [2.45, 2.75) is 6.92 Å². The van der Waals surface area contributed by atoms with Crippen LogP contribution < -0.4 is 0 Å². The lowest BCUT2D eigenvalue weighted by Gasteiger charge is -2.05. The number of aromatic hydroxyl groups is 2. The number of aliphatic imine (C=N–C) groups is 1. The molecule has 0 aliphatic carbocycles. The molecule has 0 amide bonds. The molecule has 0 aliphatic rings. The van der Waals surface area contributed by atoms with Gasteiger partial charge in [-0.3, -0.25) is 4.99 Å². The third-order valence-electron chi connectivity index (χ3n) is 5.05. The van der Waals surface area contributed by atoms with Crippen molar-refractivity contribution in [1.29, 1.82) is 0 Å². The van der Waals surface area contributed by atoms with E-state index in [-0.39, 0.29) is 11.5 Å². The SMILES string of the molecule is Cc1ccc2nc(-c3ccc(N=Cc4c(O)ccc5ccccc45)cc3O)oc2c1. The van der Waals surface area contributed by atoms with Gasteiger partial charge in [-0.2, -0.15) is 0 Å². The number of hydrogen-bond donors (Lipinski definition) is 2. The molecule has 0 radical (unpaired) electrons. The summed E-state index contributed by atoms with van der Waals surface area (Å²) >= 11 is 0. The van der Waals surface area contributed by atoms with Crippen molar-refractivity contribution in [3.8, 4) is 23.0 Å². The van der Waals surface area contributed by atoms with Crippen molar-refractivity contribution in [3.63, 3.8) is 0 Å². The van der Waals surface area contributed by atoms with Gasteiger partial charge in [-0.1, -0.05) is 36.4 Å². The standard InChI is InChI=1S/C25H18N2O3/c1-15-6-10-21-24(12-15)30-25(27-21)19-9-8-17(13-23(19)29)26-14-20-18-5-3-2-4-16(18)7-11-22(20)28/h2-14,28-29H,1H3. The van der Waals surface area contributed by atoms with Crippen LogP contribution in [0.4, 0.5) is 5.69 Å². The molecule has 2 N–H and O–H groups in total. The predicted octanol–water partition coefficient (Wildman–Crippen LogP) is 6.12. The molecule has 0 bridgehead atoms. The maximum Gasteiger partial charge on any atom is 0.231 e. The molecule has 4 aromatic carbocycles. The first-order valence-corrected chi connectivity index (χ1v) is 9.54. The molecule has 0 saturated heterocycles. The van der Waals surface area contributed by atoms with Crippen LogP contribution >= 0.6 is 0 Å². The summed E-state index contributed by atoms with van der Waals surface area (Å²) in [5.41, 5.74) is 4.18. The summed E-state index contributed by atoms with van der Waals surface area (Å²) < 4.78 is 5.81. The molecule has 0 spiro atoms. The molecule has 0 atom stereocenters. The van der Waals surface area contributed by atoms with Crippen molar-refractivity contribution < 1.29 is 14.6 Å². The second-order valence-electron chi connectivity index (χ2n) is 7.17. The van der Waals surface area contributed by atoms with Gasteiger partial charge < -0.3 is 14.6 Å². The number of aromatic nitrogens is 1. The molecule has 30 heavy (non-hydrogen) atoms. The van der Waals surface area contributed by atoms with Gasteiger partial charge in [0.15, 0.2) is 5.58 Å². The predicted molar refractivity (Wildman–Crippen MR) is 119 cm³/mol. The van der Waals surface area contributed by atoms with E-state index in [0.29, 0.717) is 28.3 Å². The Labute approximate surface area is 172 Å². The van der Waals surface area contributed by atoms with Gasteiger partial charge in [0.05, 0.1) is 11.3 Å². The summed E-state index contributed by atoms with van der Waals surface area (Å²) in [5, 5.41) is 22.7. The number of oxazole rings is 1. The van der Waals surface area contributed by atoms with E-state index in [2.05, 4.69) is 9.98 Å². The molecule has 5 aromatic rings. The Bertz CT molecular complexity index is 1430. The minimum absolute atomic E-state index is 0.0232. The lowest BCUT2D eigenvalue weighted by molar-refractivity contribution is 0.474. The minimum Gasteiger partial charge on any atom is -0.507 e. The van der Waals surface area contributed by atoms with Crippen LogP contribution in [0, 0.1) is 6.92 Å². The van der Waals surface area contributed by atoms with Gasteiger partial charge in [-0.05, 0) is 53.6 Å². The Morgan fingerprint density at radius 1 is 0.900 bits per heavy atom. The zero-order chi connectivity index (χ0) is 20.7. The normalized spacial score (nSPS) is 11.6. The lowest BCUT2D eigenvalue weighted by Crippen LogP contribution is -1.86. The molecule has 1 aromatic heterocycles. The van der Waals surface area contributed by atoms with Crippen LogP contribution in [0.15, 0.2) is 82.2 Å². The van der Waals surface area contributed by atoms with Gasteiger partial charge in [-0.15, -0.1) is 0 Å². The molecule has 0 unspecified atom stereocenters. The molecule has 146 valence electrons. The number of rotatable bonds is 3. The highest BCUT2D eigenvalue weighted by Gasteiger charge is 2.13. The first kappa shape index (κ1) is 17.9. The Morgan fingerprint density at radius 2 is 1.77 bits per heavy atom. The number of hydrogen-bond acceptors (Lipinski definition) is 5. The number of nitrogens with zero attached hydrogens (tertiary/aromatic N) is 2. The zero-order valence-corrected chi connectivity index (χ0v) is 16.2. The Kier molecular flexibility index (Phi) is 4.21. The smallest absolute Gasteiger partial charge is 0.231 e. The van der Waals surface area contributed by atoms with E-state index >= 15 is 0 Å². The third kappa shape index (κ3) is 3.16. The van der Waals surface area contributed by atoms with Gasteiger partial charge in [-0.25, -0.2) is 4.98 Å². The fourth-order valence-corrected chi connectivity index (χ4v) is 3.49. The fourth-order valence-electron chi connectivity index (χ4n) is 3.49. The van der Waals surface area contributed by atoms with Gasteiger partial charge in [0.25, 0.3) is 0 Å². The Hall–Kier alpha value is -4.12. The summed E-state index contributed by atoms with van der Waals surface area (Å²) in [4.78, 5) is 8.90. The number of phenols is 2. The van der Waals surface area contributed by atoms with E-state index in [1.165, 1.54) is 0 Å². The molecular formula is C25H18N2O3. The van der Waals surface area contributed by atoms with Crippen LogP contribution in [0.25, 0.3) is 33.3 Å². The average Bonchev–Trinajstić information content (AvgIpc) is 3.16. The first-order chi connectivity index (χ1) is 14.6. The van der Waals surface area contributed by atoms with Crippen LogP contribution in [0.3, 0.4) is 0 Å². The summed E-state index contributed by atoms with van der Waals surface area (Å²) in [6.07, 6.45) is 1.61. The topological polar surface area (TPSA) is 78.9 Å². The van der Waals surface area contributed by atoms with Gasteiger partial charge >= 0.3 is 0 Å². The van der Waals surface area contributed by atoms with Crippen molar-refractivity contribution >= 4 is 33.8 Å². The first-order valence-electron chi connectivity index (χ1n) is 9.54. The third-order valence-corrected chi connectivity index (χ3v) is 5.05. The summed E-state index contributed by atoms with van der Waals surface area (Å²) in [7, 11) is 0. The van der Waals surface area contributed by atoms with E-state index in [4.69, 9.17) is 4.42 Å². The van der Waals surface area contributed by atoms with Crippen molar-refractivity contribution in [1.82, 2.24) is 4.98 Å². The molecule has 1 heterocycles. The van der Waals surface area contributed by atoms with Gasteiger partial charge in [0.1, 0.15) is 17.0 Å². The summed E-state index contributed by atoms with van der Waals surface area (Å²) in [5.74, 6) is 0.533. The zero-order valence-electron chi connectivity index (χ0n) is 16.2. The quantitative estimate of drug-likeness (QED) is 0.361. The van der Waals surface area contributed by atoms with Crippen LogP contribution in [-0.2, 0) is 0 Å². The second kappa shape index (κ2) is 7.04. The highest BCUT2D eigenvalue weighted by Crippen LogP contribution is 2.34. The lowest BCUT2D eigenvalue weighted by atomic mass is 10.0. The number of aryl methyl sites for hydroxylation is 1. The second-order valence-corrected chi connectivity index (χ2v) is 7.17. The van der Waals surface area contributed by atoms with E-state index < -0.39 is 0 Å². The number of phenolic OH excluding ortho intramolecular Hbond substituents is 2. The Morgan fingerprint density at radius 3 is 2.63 bits per heavy atom. The van der Waals surface area contributed by atoms with Crippen LogP contribution in [0.2, 0.25) is 0 Å². The van der Waals surface area contributed by atoms with Gasteiger partial charge in [0.2, 0.25) is 5.89 Å². The average molecular weight is 394 g/mol. The van der Waals surface area contributed by atoms with E-state index in [9.17, 15) is 10.2 Å². The summed E-state index contributed by atoms with van der Waals surface area (Å²) in [6.45, 7) is 1.99. The molecule has 5 nitrogen and oxygen atoms in total. The fraction of sp³-hybridized carbons (Fsp3) is 0.0400. The van der Waals surface area contributed by atoms with E-state index in [1.54, 1.807) is 30.5 Å². The molecule has 0 saturated carbocycles. The Balaban J connectivity index is 1.50. The largest absolute Gasteiger partial charge is 0.507 e. The maximum absolute atomic E-state index is 10.5. The minimum atomic E-state index is 0.0232. The summed E-state index contributed by atoms with van der Waals surface area (Å²) in [6, 6.07) is 22.1. The number of fused-ring (bicyclic) bond motifs is 2. The van der Waals surface area contributed by atoms with Crippen molar-refractivity contribution in [2.24, 2.45) is 4.99 Å². The molecular weight excluding hydrogens is 376 g/mol. The molecule has 5 rings (SSSR count).